The molecule has 0 spiro atoms. The summed E-state index contributed by atoms with van der Waals surface area (Å²) in [6.45, 7) is 0.554. The fourth-order valence-electron chi connectivity index (χ4n) is 2.84. The van der Waals surface area contributed by atoms with E-state index in [9.17, 15) is 0 Å². The van der Waals surface area contributed by atoms with Gasteiger partial charge in [0.05, 0.1) is 18.4 Å². The van der Waals surface area contributed by atoms with E-state index in [1.54, 1.807) is 0 Å². The van der Waals surface area contributed by atoms with Crippen molar-refractivity contribution < 1.29 is 0 Å². The summed E-state index contributed by atoms with van der Waals surface area (Å²) in [5.41, 5.74) is 8.08. The third-order valence-electron chi connectivity index (χ3n) is 4.05. The molecule has 3 N–H and O–H groups in total. The molecule has 124 valence electrons. The van der Waals surface area contributed by atoms with Crippen LogP contribution in [0.5, 0.6) is 0 Å². The van der Waals surface area contributed by atoms with Crippen molar-refractivity contribution in [2.24, 2.45) is 10.7 Å². The Labute approximate surface area is 154 Å². The van der Waals surface area contributed by atoms with Gasteiger partial charge < -0.3 is 11.1 Å². The second-order valence-corrected chi connectivity index (χ2v) is 5.81. The highest BCUT2D eigenvalue weighted by molar-refractivity contribution is 14.0. The molecule has 1 aromatic carbocycles. The second-order valence-electron chi connectivity index (χ2n) is 5.81. The Kier molecular flexibility index (Phi) is 6.88. The minimum atomic E-state index is 0. The first-order valence-electron chi connectivity index (χ1n) is 7.97. The van der Waals surface area contributed by atoms with E-state index in [-0.39, 0.29) is 24.0 Å². The monoisotopic (exact) mass is 425 g/mol. The van der Waals surface area contributed by atoms with Crippen molar-refractivity contribution >= 4 is 29.9 Å². The molecule has 0 atom stereocenters. The van der Waals surface area contributed by atoms with Crippen LogP contribution in [0.1, 0.15) is 37.7 Å². The molecule has 23 heavy (non-hydrogen) atoms. The molecule has 3 rings (SSSR count). The van der Waals surface area contributed by atoms with E-state index in [1.807, 2.05) is 47.4 Å². The molecule has 6 heteroatoms. The smallest absolute Gasteiger partial charge is 0.189 e. The van der Waals surface area contributed by atoms with E-state index in [0.29, 0.717) is 18.5 Å². The van der Waals surface area contributed by atoms with Gasteiger partial charge in [0, 0.05) is 17.8 Å². The van der Waals surface area contributed by atoms with E-state index < -0.39 is 0 Å². The van der Waals surface area contributed by atoms with Crippen LogP contribution in [0, 0.1) is 0 Å². The third kappa shape index (κ3) is 5.23. The van der Waals surface area contributed by atoms with Crippen LogP contribution in [-0.4, -0.2) is 21.8 Å². The average Bonchev–Trinajstić information content (AvgIpc) is 3.04. The Morgan fingerprint density at radius 2 is 1.96 bits per heavy atom. The fourth-order valence-corrected chi connectivity index (χ4v) is 2.84. The number of nitrogens with zero attached hydrogens (tertiary/aromatic N) is 3. The van der Waals surface area contributed by atoms with E-state index in [1.165, 1.54) is 32.1 Å². The molecule has 0 radical (unpaired) electrons. The number of hydrogen-bond acceptors (Lipinski definition) is 2. The zero-order chi connectivity index (χ0) is 15.2. The zero-order valence-electron chi connectivity index (χ0n) is 13.2. The lowest BCUT2D eigenvalue weighted by Gasteiger charge is -2.23. The zero-order valence-corrected chi connectivity index (χ0v) is 15.5. The van der Waals surface area contributed by atoms with Crippen LogP contribution in [0.15, 0.2) is 47.7 Å². The van der Waals surface area contributed by atoms with Crippen LogP contribution in [0.4, 0.5) is 0 Å². The molecule has 1 aliphatic rings. The molecule has 0 aliphatic heterocycles. The van der Waals surface area contributed by atoms with Gasteiger partial charge in [-0.3, -0.25) is 0 Å². The maximum absolute atomic E-state index is 5.98. The minimum absolute atomic E-state index is 0. The van der Waals surface area contributed by atoms with Crippen LogP contribution < -0.4 is 11.1 Å². The summed E-state index contributed by atoms with van der Waals surface area (Å²) in [6.07, 6.45) is 10.1. The largest absolute Gasteiger partial charge is 0.370 e. The van der Waals surface area contributed by atoms with Crippen molar-refractivity contribution in [1.82, 2.24) is 15.1 Å². The summed E-state index contributed by atoms with van der Waals surface area (Å²) in [4.78, 5) is 4.43. The highest BCUT2D eigenvalue weighted by Crippen LogP contribution is 2.17. The lowest BCUT2D eigenvalue weighted by atomic mass is 9.96. The van der Waals surface area contributed by atoms with Crippen molar-refractivity contribution in [2.45, 2.75) is 44.7 Å². The number of guanidine groups is 1. The highest BCUT2D eigenvalue weighted by atomic mass is 127. The van der Waals surface area contributed by atoms with Gasteiger partial charge >= 0.3 is 0 Å². The molecule has 2 aromatic rings. The standard InChI is InChI=1S/C17H23N5.HI/c18-17(21-15-7-3-1-4-8-15)19-11-14-12-20-22(13-14)16-9-5-2-6-10-16;/h2,5-6,9-10,12-13,15H,1,3-4,7-8,11H2,(H3,18,19,21);1H. The van der Waals surface area contributed by atoms with Crippen molar-refractivity contribution in [3.05, 3.63) is 48.3 Å². The van der Waals surface area contributed by atoms with Gasteiger partial charge in [0.1, 0.15) is 0 Å². The number of aliphatic imine (C=N–C) groups is 1. The predicted octanol–water partition coefficient (Wildman–Crippen LogP) is 3.23. The summed E-state index contributed by atoms with van der Waals surface area (Å²) in [7, 11) is 0. The van der Waals surface area contributed by atoms with Gasteiger partial charge in [0.15, 0.2) is 5.96 Å². The van der Waals surface area contributed by atoms with E-state index >= 15 is 0 Å². The fraction of sp³-hybridized carbons (Fsp3) is 0.412. The summed E-state index contributed by atoms with van der Waals surface area (Å²) in [5, 5.41) is 7.69. The number of benzene rings is 1. The average molecular weight is 425 g/mol. The number of nitrogens with two attached hydrogens (primary N) is 1. The Morgan fingerprint density at radius 1 is 1.22 bits per heavy atom. The molecular formula is C17H24IN5. The van der Waals surface area contributed by atoms with Crippen LogP contribution in [0.2, 0.25) is 0 Å². The molecule has 1 saturated carbocycles. The van der Waals surface area contributed by atoms with E-state index in [4.69, 9.17) is 5.73 Å². The van der Waals surface area contributed by atoms with Crippen molar-refractivity contribution in [2.75, 3.05) is 0 Å². The molecule has 0 saturated heterocycles. The molecule has 1 aromatic heterocycles. The van der Waals surface area contributed by atoms with Crippen molar-refractivity contribution in [3.63, 3.8) is 0 Å². The Morgan fingerprint density at radius 3 is 2.70 bits per heavy atom. The molecule has 0 amide bonds. The van der Waals surface area contributed by atoms with Crippen LogP contribution in [-0.2, 0) is 6.54 Å². The maximum atomic E-state index is 5.98. The molecular weight excluding hydrogens is 401 g/mol. The van der Waals surface area contributed by atoms with Gasteiger partial charge in [-0.2, -0.15) is 5.10 Å². The maximum Gasteiger partial charge on any atom is 0.189 e. The first-order valence-corrected chi connectivity index (χ1v) is 7.97. The van der Waals surface area contributed by atoms with Crippen LogP contribution in [0.3, 0.4) is 0 Å². The molecule has 1 aliphatic carbocycles. The van der Waals surface area contributed by atoms with Crippen LogP contribution >= 0.6 is 24.0 Å². The molecule has 5 nitrogen and oxygen atoms in total. The van der Waals surface area contributed by atoms with Gasteiger partial charge in [-0.1, -0.05) is 37.5 Å². The molecule has 1 heterocycles. The molecule has 0 unspecified atom stereocenters. The Balaban J connectivity index is 0.00000192. The predicted molar refractivity (Wildman–Crippen MR) is 104 cm³/mol. The molecule has 0 bridgehead atoms. The van der Waals surface area contributed by atoms with Crippen LogP contribution in [0.25, 0.3) is 5.69 Å². The lowest BCUT2D eigenvalue weighted by molar-refractivity contribution is 0.412. The number of rotatable bonds is 4. The number of para-hydroxylation sites is 1. The first-order chi connectivity index (χ1) is 10.8. The molecule has 1 fully saturated rings. The third-order valence-corrected chi connectivity index (χ3v) is 4.05. The number of aromatic nitrogens is 2. The van der Waals surface area contributed by atoms with Crippen molar-refractivity contribution in [1.29, 1.82) is 0 Å². The van der Waals surface area contributed by atoms with Gasteiger partial charge in [0.2, 0.25) is 0 Å². The van der Waals surface area contributed by atoms with Gasteiger partial charge in [-0.05, 0) is 25.0 Å². The Bertz CT molecular complexity index is 617. The number of halogens is 1. The quantitative estimate of drug-likeness (QED) is 0.449. The second kappa shape index (κ2) is 8.90. The van der Waals surface area contributed by atoms with E-state index in [0.717, 1.165) is 11.3 Å². The van der Waals surface area contributed by atoms with E-state index in [2.05, 4.69) is 15.4 Å². The summed E-state index contributed by atoms with van der Waals surface area (Å²) >= 11 is 0. The van der Waals surface area contributed by atoms with Gasteiger partial charge in [-0.15, -0.1) is 24.0 Å². The van der Waals surface area contributed by atoms with Crippen molar-refractivity contribution in [3.8, 4) is 5.69 Å². The SMILES string of the molecule is I.NC(=NCc1cnn(-c2ccccc2)c1)NC1CCCCC1. The number of nitrogens with one attached hydrogen (secondary N) is 1. The summed E-state index contributed by atoms with van der Waals surface area (Å²) in [5.74, 6) is 0.541. The lowest BCUT2D eigenvalue weighted by Crippen LogP contribution is -2.41. The van der Waals surface area contributed by atoms with Gasteiger partial charge in [0.25, 0.3) is 0 Å². The summed E-state index contributed by atoms with van der Waals surface area (Å²) in [6, 6.07) is 10.5. The first kappa shape index (κ1) is 17.8. The highest BCUT2D eigenvalue weighted by Gasteiger charge is 2.13. The minimum Gasteiger partial charge on any atom is -0.370 e. The topological polar surface area (TPSA) is 68.2 Å². The normalized spacial score (nSPS) is 15.9. The summed E-state index contributed by atoms with van der Waals surface area (Å²) < 4.78 is 1.86. The van der Waals surface area contributed by atoms with Gasteiger partial charge in [-0.25, -0.2) is 9.67 Å². The Hall–Kier alpha value is -1.57. The number of hydrogen-bond donors (Lipinski definition) is 2.